The first-order valence-corrected chi connectivity index (χ1v) is 12.4. The van der Waals surface area contributed by atoms with Crippen LogP contribution in [0.2, 0.25) is 0 Å². The van der Waals surface area contributed by atoms with E-state index in [2.05, 4.69) is 65.8 Å². The van der Waals surface area contributed by atoms with Crippen LogP contribution >= 0.6 is 0 Å². The van der Waals surface area contributed by atoms with Crippen LogP contribution in [-0.2, 0) is 0 Å². The molecule has 0 bridgehead atoms. The molecule has 29 heavy (non-hydrogen) atoms. The Bertz CT molecular complexity index is 712. The highest BCUT2D eigenvalue weighted by Crippen LogP contribution is 2.64. The van der Waals surface area contributed by atoms with E-state index in [1.54, 1.807) is 11.1 Å². The number of aliphatic hydroxyl groups is 1. The molecule has 0 radical (unpaired) electrons. The zero-order chi connectivity index (χ0) is 21.0. The van der Waals surface area contributed by atoms with Gasteiger partial charge in [0.05, 0.1) is 6.10 Å². The van der Waals surface area contributed by atoms with Crippen LogP contribution in [0.5, 0.6) is 0 Å². The lowest BCUT2D eigenvalue weighted by Gasteiger charge is -2.56. The number of aliphatic hydroxyl groups excluding tert-OH is 1. The number of hydrogen-bond acceptors (Lipinski definition) is 1. The van der Waals surface area contributed by atoms with Crippen LogP contribution in [0.3, 0.4) is 0 Å². The number of hydrogen-bond donors (Lipinski definition) is 1. The van der Waals surface area contributed by atoms with Gasteiger partial charge in [0.15, 0.2) is 0 Å². The second-order valence-corrected chi connectivity index (χ2v) is 11.8. The lowest BCUT2D eigenvalue weighted by atomic mass is 9.48. The highest BCUT2D eigenvalue weighted by molar-refractivity contribution is 5.44. The molecule has 1 N–H and O–H groups in total. The average molecular weight is 397 g/mol. The molecule has 1 heteroatoms. The first kappa shape index (κ1) is 21.4. The van der Waals surface area contributed by atoms with Crippen LogP contribution in [0.25, 0.3) is 0 Å². The summed E-state index contributed by atoms with van der Waals surface area (Å²) < 4.78 is 0. The van der Waals surface area contributed by atoms with Gasteiger partial charge in [-0.05, 0) is 96.9 Å². The number of fused-ring (bicyclic) bond motifs is 4. The van der Waals surface area contributed by atoms with E-state index in [9.17, 15) is 5.11 Å². The van der Waals surface area contributed by atoms with Crippen LogP contribution in [0.1, 0.15) is 86.5 Å². The Hall–Kier alpha value is -0.820. The molecule has 0 aliphatic heterocycles. The second kappa shape index (κ2) is 7.70. The van der Waals surface area contributed by atoms with Crippen molar-refractivity contribution >= 4 is 0 Å². The van der Waals surface area contributed by atoms with Crippen molar-refractivity contribution in [1.82, 2.24) is 0 Å². The normalized spacial score (nSPS) is 44.0. The van der Waals surface area contributed by atoms with E-state index < -0.39 is 0 Å². The van der Waals surface area contributed by atoms with Crippen molar-refractivity contribution in [3.05, 3.63) is 35.5 Å². The maximum Gasteiger partial charge on any atom is 0.0543 e. The minimum absolute atomic E-state index is 0.0484. The number of allylic oxidation sites excluding steroid dienone is 6. The summed E-state index contributed by atoms with van der Waals surface area (Å²) in [6.07, 6.45) is 18.5. The van der Waals surface area contributed by atoms with Gasteiger partial charge in [-0.3, -0.25) is 0 Å². The molecule has 2 fully saturated rings. The molecule has 162 valence electrons. The van der Waals surface area contributed by atoms with Crippen LogP contribution in [0, 0.1) is 46.3 Å². The topological polar surface area (TPSA) is 20.2 Å². The van der Waals surface area contributed by atoms with Crippen molar-refractivity contribution in [3.63, 3.8) is 0 Å². The molecule has 1 nitrogen and oxygen atoms in total. The lowest BCUT2D eigenvalue weighted by molar-refractivity contribution is -0.0372. The molecule has 0 amide bonds. The zero-order valence-corrected chi connectivity index (χ0v) is 19.7. The molecule has 0 aromatic rings. The van der Waals surface area contributed by atoms with Crippen molar-refractivity contribution < 1.29 is 5.11 Å². The average Bonchev–Trinajstić information content (AvgIpc) is 3.03. The molecule has 0 saturated heterocycles. The Morgan fingerprint density at radius 1 is 1.03 bits per heavy atom. The predicted octanol–water partition coefficient (Wildman–Crippen LogP) is 7.33. The third kappa shape index (κ3) is 3.50. The van der Waals surface area contributed by atoms with Crippen molar-refractivity contribution in [2.24, 2.45) is 46.3 Å². The minimum atomic E-state index is -0.0484. The smallest absolute Gasteiger partial charge is 0.0543 e. The molecule has 4 aliphatic rings. The van der Waals surface area contributed by atoms with Gasteiger partial charge in [-0.25, -0.2) is 0 Å². The largest absolute Gasteiger partial charge is 0.393 e. The standard InChI is InChI=1S/C28H44O/c1-18(2)19(3)7-8-20(4)24-11-12-25-23-10-9-21-17-22(29)13-15-27(21,5)26(23)14-16-28(24,25)6/h7-8,11-12,18-22,24,26,29H,9-10,13-17H2,1-6H3/b8-7+. The van der Waals surface area contributed by atoms with Crippen molar-refractivity contribution in [1.29, 1.82) is 0 Å². The summed E-state index contributed by atoms with van der Waals surface area (Å²) in [5.74, 6) is 4.09. The van der Waals surface area contributed by atoms with E-state index in [4.69, 9.17) is 0 Å². The molecule has 0 heterocycles. The van der Waals surface area contributed by atoms with Gasteiger partial charge in [-0.1, -0.05) is 71.4 Å². The van der Waals surface area contributed by atoms with Gasteiger partial charge in [-0.2, -0.15) is 0 Å². The Kier molecular flexibility index (Phi) is 5.69. The fourth-order valence-electron chi connectivity index (χ4n) is 7.48. The van der Waals surface area contributed by atoms with E-state index in [1.807, 2.05) is 0 Å². The van der Waals surface area contributed by atoms with Crippen LogP contribution in [0.15, 0.2) is 35.5 Å². The minimum Gasteiger partial charge on any atom is -0.393 e. The van der Waals surface area contributed by atoms with Gasteiger partial charge in [0, 0.05) is 0 Å². The van der Waals surface area contributed by atoms with Gasteiger partial charge in [0.25, 0.3) is 0 Å². The molecule has 2 saturated carbocycles. The summed E-state index contributed by atoms with van der Waals surface area (Å²) in [7, 11) is 0. The summed E-state index contributed by atoms with van der Waals surface area (Å²) in [5.41, 5.74) is 4.26. The van der Waals surface area contributed by atoms with Crippen molar-refractivity contribution in [3.8, 4) is 0 Å². The molecule has 4 rings (SSSR count). The van der Waals surface area contributed by atoms with Gasteiger partial charge in [0.2, 0.25) is 0 Å². The molecule has 0 spiro atoms. The van der Waals surface area contributed by atoms with Crippen LogP contribution < -0.4 is 0 Å². The van der Waals surface area contributed by atoms with Gasteiger partial charge >= 0.3 is 0 Å². The van der Waals surface area contributed by atoms with Crippen LogP contribution in [-0.4, -0.2) is 11.2 Å². The van der Waals surface area contributed by atoms with E-state index in [0.717, 1.165) is 24.7 Å². The van der Waals surface area contributed by atoms with E-state index in [-0.39, 0.29) is 6.10 Å². The van der Waals surface area contributed by atoms with Gasteiger partial charge in [0.1, 0.15) is 0 Å². The Balaban J connectivity index is 1.59. The van der Waals surface area contributed by atoms with E-state index in [0.29, 0.717) is 34.5 Å². The monoisotopic (exact) mass is 396 g/mol. The van der Waals surface area contributed by atoms with Gasteiger partial charge in [-0.15, -0.1) is 0 Å². The molecule has 0 aromatic carbocycles. The maximum atomic E-state index is 10.2. The fraction of sp³-hybridized carbons (Fsp3) is 0.786. The third-order valence-corrected chi connectivity index (χ3v) is 9.94. The molecule has 0 aromatic heterocycles. The predicted molar refractivity (Wildman–Crippen MR) is 123 cm³/mol. The zero-order valence-electron chi connectivity index (χ0n) is 19.7. The second-order valence-electron chi connectivity index (χ2n) is 11.8. The first-order chi connectivity index (χ1) is 13.7. The van der Waals surface area contributed by atoms with E-state index in [1.165, 1.54) is 32.1 Å². The van der Waals surface area contributed by atoms with E-state index >= 15 is 0 Å². The maximum absolute atomic E-state index is 10.2. The summed E-state index contributed by atoms with van der Waals surface area (Å²) in [5, 5.41) is 10.2. The summed E-state index contributed by atoms with van der Waals surface area (Å²) in [6, 6.07) is 0. The van der Waals surface area contributed by atoms with Crippen LogP contribution in [0.4, 0.5) is 0 Å². The SMILES string of the molecule is CC(C)C(C)/C=C/C(C)C1C=CC2=C3CCC4CC(O)CCC4(C)C3CCC21C. The first-order valence-electron chi connectivity index (χ1n) is 12.4. The molecule has 8 unspecified atom stereocenters. The lowest BCUT2D eigenvalue weighted by Crippen LogP contribution is -2.48. The summed E-state index contributed by atoms with van der Waals surface area (Å²) >= 11 is 0. The quantitative estimate of drug-likeness (QED) is 0.493. The Morgan fingerprint density at radius 3 is 2.52 bits per heavy atom. The van der Waals surface area contributed by atoms with Gasteiger partial charge < -0.3 is 5.11 Å². The summed E-state index contributed by atoms with van der Waals surface area (Å²) in [6.45, 7) is 14.5. The van der Waals surface area contributed by atoms with Crippen molar-refractivity contribution in [2.45, 2.75) is 92.6 Å². The third-order valence-electron chi connectivity index (χ3n) is 9.94. The Labute approximate surface area is 179 Å². The molecule has 4 aliphatic carbocycles. The summed E-state index contributed by atoms with van der Waals surface area (Å²) in [4.78, 5) is 0. The molecule has 8 atom stereocenters. The number of rotatable bonds is 4. The fourth-order valence-corrected chi connectivity index (χ4v) is 7.48. The molecular formula is C28H44O. The molecular weight excluding hydrogens is 352 g/mol. The Morgan fingerprint density at radius 2 is 1.79 bits per heavy atom. The highest BCUT2D eigenvalue weighted by Gasteiger charge is 2.54. The highest BCUT2D eigenvalue weighted by atomic mass is 16.3. The van der Waals surface area contributed by atoms with Crippen molar-refractivity contribution in [2.75, 3.05) is 0 Å².